The van der Waals surface area contributed by atoms with Crippen molar-refractivity contribution in [2.24, 2.45) is 5.73 Å². The quantitative estimate of drug-likeness (QED) is 0.748. The molecule has 3 heteroatoms. The number of halogens is 2. The average Bonchev–Trinajstić information content (AvgIpc) is 2.09. The van der Waals surface area contributed by atoms with E-state index in [1.54, 1.807) is 6.07 Å². The van der Waals surface area contributed by atoms with Gasteiger partial charge in [0.05, 0.1) is 0 Å². The molecule has 1 aromatic rings. The fourth-order valence-electron chi connectivity index (χ4n) is 1.16. The molecule has 1 aromatic carbocycles. The highest BCUT2D eigenvalue weighted by Gasteiger charge is 1.98. The smallest absolute Gasteiger partial charge is 0.126 e. The third-order valence-electron chi connectivity index (χ3n) is 1.86. The van der Waals surface area contributed by atoms with E-state index in [2.05, 4.69) is 0 Å². The zero-order valence-corrected chi connectivity index (χ0v) is 8.32. The maximum Gasteiger partial charge on any atom is 0.126 e. The molecular formula is C10H15ClFN. The van der Waals surface area contributed by atoms with E-state index in [9.17, 15) is 4.39 Å². The molecule has 0 heterocycles. The number of nitrogens with two attached hydrogens (primary N) is 1. The molecule has 0 aromatic heterocycles. The lowest BCUT2D eigenvalue weighted by molar-refractivity contribution is 0.601. The van der Waals surface area contributed by atoms with Crippen LogP contribution in [0.3, 0.4) is 0 Å². The molecule has 0 radical (unpaired) electrons. The second kappa shape index (κ2) is 6.87. The fraction of sp³-hybridized carbons (Fsp3) is 0.400. The summed E-state index contributed by atoms with van der Waals surface area (Å²) in [6.45, 7) is 0.689. The van der Waals surface area contributed by atoms with Crippen LogP contribution in [-0.2, 0) is 6.42 Å². The first-order valence-corrected chi connectivity index (χ1v) is 4.28. The van der Waals surface area contributed by atoms with Gasteiger partial charge < -0.3 is 5.73 Å². The minimum Gasteiger partial charge on any atom is -0.330 e. The van der Waals surface area contributed by atoms with E-state index in [4.69, 9.17) is 5.73 Å². The minimum atomic E-state index is -0.102. The van der Waals surface area contributed by atoms with Crippen LogP contribution in [0.15, 0.2) is 24.3 Å². The van der Waals surface area contributed by atoms with E-state index in [1.165, 1.54) is 6.07 Å². The maximum absolute atomic E-state index is 13.0. The SMILES string of the molecule is Cl.NCCCCc1ccccc1F. The summed E-state index contributed by atoms with van der Waals surface area (Å²) in [4.78, 5) is 0. The number of hydrogen-bond donors (Lipinski definition) is 1. The molecule has 0 fully saturated rings. The van der Waals surface area contributed by atoms with Crippen LogP contribution in [-0.4, -0.2) is 6.54 Å². The summed E-state index contributed by atoms with van der Waals surface area (Å²) in [5, 5.41) is 0. The monoisotopic (exact) mass is 203 g/mol. The molecule has 0 saturated carbocycles. The average molecular weight is 204 g/mol. The molecule has 0 aliphatic heterocycles. The molecule has 0 aliphatic carbocycles. The first-order valence-electron chi connectivity index (χ1n) is 4.28. The van der Waals surface area contributed by atoms with E-state index in [0.717, 1.165) is 24.8 Å². The maximum atomic E-state index is 13.0. The van der Waals surface area contributed by atoms with Crippen molar-refractivity contribution in [3.8, 4) is 0 Å². The summed E-state index contributed by atoms with van der Waals surface area (Å²) in [5.74, 6) is -0.102. The number of benzene rings is 1. The summed E-state index contributed by atoms with van der Waals surface area (Å²) >= 11 is 0. The van der Waals surface area contributed by atoms with Crippen LogP contribution in [0.1, 0.15) is 18.4 Å². The molecule has 1 rings (SSSR count). The topological polar surface area (TPSA) is 26.0 Å². The van der Waals surface area contributed by atoms with Gasteiger partial charge in [0.25, 0.3) is 0 Å². The minimum absolute atomic E-state index is 0. The van der Waals surface area contributed by atoms with Crippen LogP contribution in [0, 0.1) is 5.82 Å². The van der Waals surface area contributed by atoms with Gasteiger partial charge in [-0.2, -0.15) is 0 Å². The van der Waals surface area contributed by atoms with Gasteiger partial charge in [0.1, 0.15) is 5.82 Å². The molecule has 0 aliphatic rings. The van der Waals surface area contributed by atoms with Gasteiger partial charge >= 0.3 is 0 Å². The van der Waals surface area contributed by atoms with Gasteiger partial charge in [-0.3, -0.25) is 0 Å². The number of rotatable bonds is 4. The Morgan fingerprint density at radius 3 is 2.46 bits per heavy atom. The first kappa shape index (κ1) is 12.4. The van der Waals surface area contributed by atoms with Gasteiger partial charge in [-0.05, 0) is 37.4 Å². The van der Waals surface area contributed by atoms with Crippen LogP contribution in [0.2, 0.25) is 0 Å². The van der Waals surface area contributed by atoms with Crippen molar-refractivity contribution in [1.82, 2.24) is 0 Å². The Bertz CT molecular complexity index is 240. The van der Waals surface area contributed by atoms with Gasteiger partial charge in [0.15, 0.2) is 0 Å². The van der Waals surface area contributed by atoms with Crippen molar-refractivity contribution in [2.75, 3.05) is 6.54 Å². The van der Waals surface area contributed by atoms with Crippen molar-refractivity contribution in [1.29, 1.82) is 0 Å². The lowest BCUT2D eigenvalue weighted by Gasteiger charge is -2.00. The second-order valence-electron chi connectivity index (χ2n) is 2.84. The Labute approximate surface area is 84.5 Å². The van der Waals surface area contributed by atoms with Gasteiger partial charge in [0, 0.05) is 0 Å². The van der Waals surface area contributed by atoms with E-state index in [1.807, 2.05) is 12.1 Å². The van der Waals surface area contributed by atoms with Crippen molar-refractivity contribution in [3.63, 3.8) is 0 Å². The predicted octanol–water partition coefficient (Wildman–Crippen LogP) is 2.53. The van der Waals surface area contributed by atoms with E-state index < -0.39 is 0 Å². The predicted molar refractivity (Wildman–Crippen MR) is 55.6 cm³/mol. The molecule has 0 saturated heterocycles. The molecule has 1 nitrogen and oxygen atoms in total. The van der Waals surface area contributed by atoms with Gasteiger partial charge in [0.2, 0.25) is 0 Å². The summed E-state index contributed by atoms with van der Waals surface area (Å²) in [5.41, 5.74) is 6.13. The van der Waals surface area contributed by atoms with Crippen molar-refractivity contribution >= 4 is 12.4 Å². The molecule has 0 spiro atoms. The lowest BCUT2D eigenvalue weighted by Crippen LogP contribution is -1.99. The Kier molecular flexibility index (Phi) is 6.55. The summed E-state index contributed by atoms with van der Waals surface area (Å²) in [6, 6.07) is 6.90. The van der Waals surface area contributed by atoms with E-state index in [0.29, 0.717) is 6.54 Å². The Morgan fingerprint density at radius 2 is 1.85 bits per heavy atom. The highest BCUT2D eigenvalue weighted by atomic mass is 35.5. The van der Waals surface area contributed by atoms with Crippen LogP contribution < -0.4 is 5.73 Å². The summed E-state index contributed by atoms with van der Waals surface area (Å²) in [7, 11) is 0. The molecule has 0 bridgehead atoms. The zero-order chi connectivity index (χ0) is 8.81. The highest BCUT2D eigenvalue weighted by Crippen LogP contribution is 2.09. The van der Waals surface area contributed by atoms with Crippen molar-refractivity contribution in [3.05, 3.63) is 35.6 Å². The molecular weight excluding hydrogens is 189 g/mol. The van der Waals surface area contributed by atoms with Crippen LogP contribution in [0.5, 0.6) is 0 Å². The largest absolute Gasteiger partial charge is 0.330 e. The van der Waals surface area contributed by atoms with Crippen molar-refractivity contribution < 1.29 is 4.39 Å². The normalized spacial score (nSPS) is 9.38. The third-order valence-corrected chi connectivity index (χ3v) is 1.86. The zero-order valence-electron chi connectivity index (χ0n) is 7.50. The number of hydrogen-bond acceptors (Lipinski definition) is 1. The summed E-state index contributed by atoms with van der Waals surface area (Å²) < 4.78 is 13.0. The molecule has 13 heavy (non-hydrogen) atoms. The van der Waals surface area contributed by atoms with Crippen molar-refractivity contribution in [2.45, 2.75) is 19.3 Å². The van der Waals surface area contributed by atoms with Gasteiger partial charge in [-0.15, -0.1) is 12.4 Å². The molecule has 0 atom stereocenters. The van der Waals surface area contributed by atoms with E-state index in [-0.39, 0.29) is 18.2 Å². The van der Waals surface area contributed by atoms with Crippen LogP contribution >= 0.6 is 12.4 Å². The standard InChI is InChI=1S/C10H14FN.ClH/c11-10-7-2-1-5-9(10)6-3-4-8-12;/h1-2,5,7H,3-4,6,8,12H2;1H. The molecule has 2 N–H and O–H groups in total. The summed E-state index contributed by atoms with van der Waals surface area (Å²) in [6.07, 6.45) is 2.73. The second-order valence-corrected chi connectivity index (χ2v) is 2.84. The fourth-order valence-corrected chi connectivity index (χ4v) is 1.16. The number of aryl methyl sites for hydroxylation is 1. The highest BCUT2D eigenvalue weighted by molar-refractivity contribution is 5.85. The molecule has 0 amide bonds. The first-order chi connectivity index (χ1) is 5.84. The Morgan fingerprint density at radius 1 is 1.15 bits per heavy atom. The molecule has 74 valence electrons. The van der Waals surface area contributed by atoms with Crippen LogP contribution in [0.25, 0.3) is 0 Å². The molecule has 0 unspecified atom stereocenters. The lowest BCUT2D eigenvalue weighted by atomic mass is 10.1. The van der Waals surface area contributed by atoms with Crippen LogP contribution in [0.4, 0.5) is 4.39 Å². The van der Waals surface area contributed by atoms with Gasteiger partial charge in [-0.25, -0.2) is 4.39 Å². The Balaban J connectivity index is 0.00000144. The number of unbranched alkanes of at least 4 members (excludes halogenated alkanes) is 1. The third kappa shape index (κ3) is 4.25. The van der Waals surface area contributed by atoms with E-state index >= 15 is 0 Å². The van der Waals surface area contributed by atoms with Gasteiger partial charge in [-0.1, -0.05) is 18.2 Å². The Hall–Kier alpha value is -0.600.